The molecule has 192 valence electrons. The van der Waals surface area contributed by atoms with Gasteiger partial charge in [0, 0.05) is 0 Å². The molecule has 0 aliphatic rings. The van der Waals surface area contributed by atoms with Crippen LogP contribution in [0.5, 0.6) is 0 Å². The van der Waals surface area contributed by atoms with Crippen molar-refractivity contribution >= 4 is 41.0 Å². The summed E-state index contributed by atoms with van der Waals surface area (Å²) in [6.07, 6.45) is 0.136. The first-order valence-corrected chi connectivity index (χ1v) is 22.0. The fraction of sp³-hybridized carbons (Fsp3) is 0.955. The smallest absolute Gasteiger partial charge is 0.309 e. The molecular weight excluding hydrogens is 475 g/mol. The van der Waals surface area contributed by atoms with E-state index in [1.165, 1.54) is 0 Å². The molecule has 0 heterocycles. The molecule has 0 aromatic carbocycles. The van der Waals surface area contributed by atoms with Gasteiger partial charge in [-0.1, -0.05) is 75.4 Å². The number of carbonyl (C=O) groups excluding carboxylic acids is 1. The zero-order valence-corrected chi connectivity index (χ0v) is 27.3. The van der Waals surface area contributed by atoms with Crippen LogP contribution in [0.2, 0.25) is 54.4 Å². The third-order valence-corrected chi connectivity index (χ3v) is 23.8. The summed E-state index contributed by atoms with van der Waals surface area (Å²) in [6, 6.07) is -0.678. The van der Waals surface area contributed by atoms with Crippen molar-refractivity contribution in [2.24, 2.45) is 0 Å². The lowest BCUT2D eigenvalue weighted by atomic mass is 10.2. The first-order chi connectivity index (χ1) is 13.7. The highest BCUT2D eigenvalue weighted by molar-refractivity contribution is 7.87. The van der Waals surface area contributed by atoms with Crippen LogP contribution in [0.4, 0.5) is 0 Å². The van der Waals surface area contributed by atoms with Crippen LogP contribution < -0.4 is 4.98 Å². The summed E-state index contributed by atoms with van der Waals surface area (Å²) < 4.78 is 37.6. The predicted octanol–water partition coefficient (Wildman–Crippen LogP) is 6.24. The van der Waals surface area contributed by atoms with Crippen LogP contribution in [0.15, 0.2) is 0 Å². The Labute approximate surface area is 202 Å². The summed E-state index contributed by atoms with van der Waals surface area (Å²) in [5.74, 6) is -0.553. The van der Waals surface area contributed by atoms with E-state index < -0.39 is 41.0 Å². The molecule has 0 spiro atoms. The second kappa shape index (κ2) is 9.93. The third kappa shape index (κ3) is 8.98. The van der Waals surface area contributed by atoms with Crippen molar-refractivity contribution in [3.05, 3.63) is 0 Å². The molecule has 32 heavy (non-hydrogen) atoms. The molecule has 0 saturated carbocycles. The Balaban J connectivity index is 5.80. The molecular formula is C22H51NO5SSi3. The topological polar surface area (TPSA) is 81.7 Å². The van der Waals surface area contributed by atoms with E-state index in [1.807, 2.05) is 47.0 Å². The van der Waals surface area contributed by atoms with Gasteiger partial charge < -0.3 is 13.3 Å². The zero-order chi connectivity index (χ0) is 26.2. The average molecular weight is 526 g/mol. The maximum atomic E-state index is 13.3. The van der Waals surface area contributed by atoms with Gasteiger partial charge in [0.05, 0.1) is 11.8 Å². The molecule has 0 radical (unpaired) electrons. The van der Waals surface area contributed by atoms with Crippen LogP contribution in [-0.2, 0) is 23.2 Å². The molecule has 0 saturated heterocycles. The zero-order valence-electron chi connectivity index (χ0n) is 23.4. The molecule has 1 atom stereocenters. The van der Waals surface area contributed by atoms with Crippen molar-refractivity contribution in [3.8, 4) is 0 Å². The lowest BCUT2D eigenvalue weighted by Gasteiger charge is -2.41. The molecule has 0 rings (SSSR count). The molecule has 0 fully saturated rings. The van der Waals surface area contributed by atoms with Gasteiger partial charge >= 0.3 is 5.97 Å². The summed E-state index contributed by atoms with van der Waals surface area (Å²) in [5.41, 5.74) is 0. The fourth-order valence-corrected chi connectivity index (χ4v) is 9.04. The van der Waals surface area contributed by atoms with E-state index in [1.54, 1.807) is 0 Å². The van der Waals surface area contributed by atoms with Crippen molar-refractivity contribution in [3.63, 3.8) is 0 Å². The molecule has 0 aromatic rings. The molecule has 0 aromatic heterocycles. The fourth-order valence-electron chi connectivity index (χ4n) is 2.12. The number of nitrogens with one attached hydrogen (secondary N) is 1. The molecule has 0 bridgehead atoms. The van der Waals surface area contributed by atoms with Crippen LogP contribution in [0.1, 0.15) is 68.7 Å². The normalized spacial score (nSPS) is 16.1. The van der Waals surface area contributed by atoms with Crippen molar-refractivity contribution in [1.29, 1.82) is 0 Å². The van der Waals surface area contributed by atoms with Gasteiger partial charge in [-0.15, -0.1) is 0 Å². The molecule has 0 aliphatic carbocycles. The number of hydrogen-bond acceptors (Lipinski definition) is 6. The Morgan fingerprint density at radius 1 is 0.781 bits per heavy atom. The minimum absolute atomic E-state index is 0.0149. The molecule has 0 aliphatic heterocycles. The Morgan fingerprint density at radius 3 is 1.53 bits per heavy atom. The Hall–Kier alpha value is -0.00935. The van der Waals surface area contributed by atoms with E-state index in [0.29, 0.717) is 0 Å². The Bertz CT molecular complexity index is 758. The van der Waals surface area contributed by atoms with Crippen LogP contribution in [0.25, 0.3) is 0 Å². The predicted molar refractivity (Wildman–Crippen MR) is 144 cm³/mol. The molecule has 6 nitrogen and oxygen atoms in total. The minimum atomic E-state index is -3.77. The van der Waals surface area contributed by atoms with Crippen LogP contribution in [0.3, 0.4) is 0 Å². The van der Waals surface area contributed by atoms with Gasteiger partial charge in [-0.05, 0) is 47.7 Å². The van der Waals surface area contributed by atoms with Gasteiger partial charge in [0.25, 0.3) is 18.4 Å². The van der Waals surface area contributed by atoms with Gasteiger partial charge in [-0.2, -0.15) is 0 Å². The van der Waals surface area contributed by atoms with Gasteiger partial charge in [0.15, 0.2) is 0 Å². The third-order valence-electron chi connectivity index (χ3n) is 7.65. The average Bonchev–Trinajstić information content (AvgIpc) is 2.46. The standard InChI is InChI=1S/C22H51NO5SSi3/c1-20(2,3)30(10,11)23-18(19(24)27-31(12,13)21(4,5)6)16-17-29(25,26)28-32(14,15)22(7,8)9/h18,23H,16-17H2,1-15H3. The quantitative estimate of drug-likeness (QED) is 0.359. The largest absolute Gasteiger partial charge is 0.518 e. The van der Waals surface area contributed by atoms with E-state index in [9.17, 15) is 13.2 Å². The minimum Gasteiger partial charge on any atom is -0.518 e. The van der Waals surface area contributed by atoms with E-state index in [2.05, 4.69) is 59.6 Å². The molecule has 1 N–H and O–H groups in total. The monoisotopic (exact) mass is 525 g/mol. The van der Waals surface area contributed by atoms with E-state index in [-0.39, 0.29) is 33.3 Å². The highest BCUT2D eigenvalue weighted by Crippen LogP contribution is 2.39. The maximum absolute atomic E-state index is 13.3. The summed E-state index contributed by atoms with van der Waals surface area (Å²) in [7, 11) is -10.7. The lowest BCUT2D eigenvalue weighted by Crippen LogP contribution is -2.60. The summed E-state index contributed by atoms with van der Waals surface area (Å²) in [5, 5.41) is -0.360. The first kappa shape index (κ1) is 32.0. The van der Waals surface area contributed by atoms with Crippen LogP contribution in [-0.4, -0.2) is 51.1 Å². The Morgan fingerprint density at radius 2 is 1.19 bits per heavy atom. The summed E-state index contributed by atoms with van der Waals surface area (Å²) >= 11 is 0. The van der Waals surface area contributed by atoms with E-state index >= 15 is 0 Å². The van der Waals surface area contributed by atoms with Gasteiger partial charge in [-0.3, -0.25) is 4.79 Å². The van der Waals surface area contributed by atoms with Crippen molar-refractivity contribution in [2.45, 2.75) is 129 Å². The number of carbonyl (C=O) groups is 1. The van der Waals surface area contributed by atoms with Crippen molar-refractivity contribution in [2.75, 3.05) is 5.75 Å². The van der Waals surface area contributed by atoms with Gasteiger partial charge in [-0.25, -0.2) is 8.42 Å². The van der Waals surface area contributed by atoms with E-state index in [0.717, 1.165) is 0 Å². The van der Waals surface area contributed by atoms with Gasteiger partial charge in [0.2, 0.25) is 8.32 Å². The SMILES string of the molecule is CC(C)(C)[Si](C)(C)NC(CCS(=O)(=O)O[Si](C)(C)C(C)(C)C)C(=O)O[Si](C)(C)C(C)(C)C. The lowest BCUT2D eigenvalue weighted by molar-refractivity contribution is -0.137. The molecule has 1 unspecified atom stereocenters. The first-order valence-electron chi connectivity index (χ1n) is 11.6. The molecule has 0 amide bonds. The summed E-state index contributed by atoms with van der Waals surface area (Å²) in [6.45, 7) is 31.0. The summed E-state index contributed by atoms with van der Waals surface area (Å²) in [4.78, 5) is 16.9. The highest BCUT2D eigenvalue weighted by atomic mass is 32.2. The number of hydrogen-bond donors (Lipinski definition) is 1. The second-order valence-electron chi connectivity index (χ2n) is 13.6. The van der Waals surface area contributed by atoms with Crippen molar-refractivity contribution < 1.29 is 21.5 Å². The van der Waals surface area contributed by atoms with E-state index in [4.69, 9.17) is 8.30 Å². The molecule has 10 heteroatoms. The second-order valence-corrected chi connectivity index (χ2v) is 30.1. The van der Waals surface area contributed by atoms with Crippen molar-refractivity contribution in [1.82, 2.24) is 4.98 Å². The van der Waals surface area contributed by atoms with Crippen LogP contribution >= 0.6 is 0 Å². The van der Waals surface area contributed by atoms with Gasteiger partial charge in [0.1, 0.15) is 8.24 Å². The maximum Gasteiger partial charge on any atom is 0.309 e. The Kier molecular flexibility index (Phi) is 9.92. The number of rotatable bonds is 9. The highest BCUT2D eigenvalue weighted by Gasteiger charge is 2.45. The van der Waals surface area contributed by atoms with Crippen LogP contribution in [0, 0.1) is 0 Å².